The molecule has 0 saturated heterocycles. The largest absolute Gasteiger partial charge is 0.489 e. The number of para-hydroxylation sites is 1. The summed E-state index contributed by atoms with van der Waals surface area (Å²) >= 11 is 0. The molecule has 0 radical (unpaired) electrons. The molecule has 2 aromatic rings. The molecule has 104 valence electrons. The fraction of sp³-hybridized carbons (Fsp3) is 0.0556. The number of carbonyl (C=O) groups excluding carboxylic acids is 1. The lowest BCUT2D eigenvalue weighted by atomic mass is 10.0. The monoisotopic (exact) mass is 278 g/mol. The minimum absolute atomic E-state index is 0.320. The molecule has 0 N–H and O–H groups in total. The number of esters is 1. The molecule has 21 heavy (non-hydrogen) atoms. The summed E-state index contributed by atoms with van der Waals surface area (Å²) in [5, 5.41) is 0. The van der Waals surface area contributed by atoms with Gasteiger partial charge in [0.2, 0.25) is 0 Å². The molecule has 2 aromatic carbocycles. The van der Waals surface area contributed by atoms with Crippen molar-refractivity contribution in [3.8, 4) is 11.5 Å². The Morgan fingerprint density at radius 2 is 1.95 bits per heavy atom. The van der Waals surface area contributed by atoms with Crippen LogP contribution in [0.2, 0.25) is 0 Å². The predicted molar refractivity (Wildman–Crippen MR) is 82.1 cm³/mol. The van der Waals surface area contributed by atoms with Gasteiger partial charge >= 0.3 is 5.97 Å². The number of benzene rings is 2. The summed E-state index contributed by atoms with van der Waals surface area (Å²) in [5.41, 5.74) is 1.98. The topological polar surface area (TPSA) is 35.5 Å². The van der Waals surface area contributed by atoms with E-state index in [0.717, 1.165) is 16.9 Å². The molecular formula is C18H14O3. The van der Waals surface area contributed by atoms with Crippen LogP contribution in [-0.4, -0.2) is 12.6 Å². The van der Waals surface area contributed by atoms with Crippen LogP contribution in [-0.2, 0) is 4.79 Å². The highest BCUT2D eigenvalue weighted by Crippen LogP contribution is 2.27. The molecule has 0 atom stereocenters. The molecule has 0 bridgehead atoms. The summed E-state index contributed by atoms with van der Waals surface area (Å²) in [7, 11) is 0. The van der Waals surface area contributed by atoms with E-state index in [9.17, 15) is 4.79 Å². The number of rotatable bonds is 3. The van der Waals surface area contributed by atoms with E-state index in [1.165, 1.54) is 0 Å². The van der Waals surface area contributed by atoms with Crippen molar-refractivity contribution in [1.29, 1.82) is 0 Å². The molecule has 0 saturated carbocycles. The second-order valence-corrected chi connectivity index (χ2v) is 4.65. The third kappa shape index (κ3) is 2.87. The van der Waals surface area contributed by atoms with Gasteiger partial charge in [0.05, 0.1) is 5.57 Å². The third-order valence-electron chi connectivity index (χ3n) is 3.19. The molecule has 0 aromatic heterocycles. The van der Waals surface area contributed by atoms with Crippen LogP contribution >= 0.6 is 0 Å². The summed E-state index contributed by atoms with van der Waals surface area (Å²) in [6, 6.07) is 14.5. The van der Waals surface area contributed by atoms with Crippen LogP contribution in [0.5, 0.6) is 11.5 Å². The van der Waals surface area contributed by atoms with E-state index in [-0.39, 0.29) is 0 Å². The molecule has 0 unspecified atom stereocenters. The van der Waals surface area contributed by atoms with Gasteiger partial charge in [-0.25, -0.2) is 4.79 Å². The van der Waals surface area contributed by atoms with Crippen LogP contribution in [0.25, 0.3) is 11.6 Å². The molecule has 0 fully saturated rings. The quantitative estimate of drug-likeness (QED) is 0.488. The van der Waals surface area contributed by atoms with Crippen molar-refractivity contribution in [1.82, 2.24) is 0 Å². The number of fused-ring (bicyclic) bond motifs is 1. The van der Waals surface area contributed by atoms with Crippen molar-refractivity contribution in [2.24, 2.45) is 0 Å². The molecule has 3 nitrogen and oxygen atoms in total. The highest BCUT2D eigenvalue weighted by molar-refractivity contribution is 6.16. The Balaban J connectivity index is 1.79. The zero-order valence-electron chi connectivity index (χ0n) is 11.4. The van der Waals surface area contributed by atoms with Crippen molar-refractivity contribution < 1.29 is 14.3 Å². The second kappa shape index (κ2) is 5.67. The minimum Gasteiger partial charge on any atom is -0.489 e. The first-order valence-electron chi connectivity index (χ1n) is 6.64. The first-order chi connectivity index (χ1) is 10.2. The molecule has 1 aliphatic heterocycles. The minimum atomic E-state index is -0.457. The van der Waals surface area contributed by atoms with Crippen molar-refractivity contribution in [2.75, 3.05) is 6.61 Å². The first kappa shape index (κ1) is 13.2. The molecule has 1 aliphatic rings. The van der Waals surface area contributed by atoms with Gasteiger partial charge in [-0.05, 0) is 35.9 Å². The first-order valence-corrected chi connectivity index (χ1v) is 6.64. The maximum atomic E-state index is 12.1. The summed E-state index contributed by atoms with van der Waals surface area (Å²) < 4.78 is 10.8. The van der Waals surface area contributed by atoms with Gasteiger partial charge in [-0.15, -0.1) is 0 Å². The van der Waals surface area contributed by atoms with Gasteiger partial charge in [-0.2, -0.15) is 0 Å². The maximum absolute atomic E-state index is 12.1. The average molecular weight is 278 g/mol. The molecule has 3 heteroatoms. The predicted octanol–water partition coefficient (Wildman–Crippen LogP) is 3.71. The number of hydrogen-bond donors (Lipinski definition) is 0. The van der Waals surface area contributed by atoms with E-state index in [4.69, 9.17) is 9.47 Å². The van der Waals surface area contributed by atoms with E-state index in [0.29, 0.717) is 17.9 Å². The Hall–Kier alpha value is -2.81. The maximum Gasteiger partial charge on any atom is 0.343 e. The Morgan fingerprint density at radius 3 is 2.76 bits per heavy atom. The molecule has 3 rings (SSSR count). The lowest BCUT2D eigenvalue weighted by Gasteiger charge is -2.14. The molecule has 0 spiro atoms. The molecule has 0 amide bonds. The van der Waals surface area contributed by atoms with Crippen LogP contribution in [0.15, 0.2) is 61.2 Å². The highest BCUT2D eigenvalue weighted by atomic mass is 16.5. The Kier molecular flexibility index (Phi) is 3.56. The normalized spacial score (nSPS) is 12.2. The van der Waals surface area contributed by atoms with E-state index < -0.39 is 5.97 Å². The van der Waals surface area contributed by atoms with Gasteiger partial charge in [0.1, 0.15) is 18.1 Å². The van der Waals surface area contributed by atoms with Crippen molar-refractivity contribution in [3.05, 3.63) is 72.3 Å². The smallest absolute Gasteiger partial charge is 0.343 e. The Labute approximate surface area is 123 Å². The van der Waals surface area contributed by atoms with E-state index >= 15 is 0 Å². The van der Waals surface area contributed by atoms with Gasteiger partial charge < -0.3 is 9.47 Å². The van der Waals surface area contributed by atoms with Crippen LogP contribution in [0, 0.1) is 0 Å². The van der Waals surface area contributed by atoms with E-state index in [1.807, 2.05) is 48.6 Å². The van der Waals surface area contributed by atoms with Crippen LogP contribution in [0.4, 0.5) is 0 Å². The van der Waals surface area contributed by atoms with Crippen molar-refractivity contribution in [3.63, 3.8) is 0 Å². The number of carbonyl (C=O) groups is 1. The van der Waals surface area contributed by atoms with Crippen molar-refractivity contribution >= 4 is 17.6 Å². The Bertz CT molecular complexity index is 714. The fourth-order valence-corrected chi connectivity index (χ4v) is 2.09. The van der Waals surface area contributed by atoms with Gasteiger partial charge in [-0.3, -0.25) is 0 Å². The third-order valence-corrected chi connectivity index (χ3v) is 3.19. The van der Waals surface area contributed by atoms with Gasteiger partial charge in [0, 0.05) is 5.56 Å². The lowest BCUT2D eigenvalue weighted by molar-refractivity contribution is -0.127. The Morgan fingerprint density at radius 1 is 1.14 bits per heavy atom. The van der Waals surface area contributed by atoms with Crippen LogP contribution < -0.4 is 9.47 Å². The average Bonchev–Trinajstić information content (AvgIpc) is 2.54. The highest BCUT2D eigenvalue weighted by Gasteiger charge is 2.14. The fourth-order valence-electron chi connectivity index (χ4n) is 2.09. The zero-order valence-corrected chi connectivity index (χ0v) is 11.4. The summed E-state index contributed by atoms with van der Waals surface area (Å²) in [5.74, 6) is 0.858. The summed E-state index contributed by atoms with van der Waals surface area (Å²) in [4.78, 5) is 12.1. The standard InChI is InChI=1S/C18H14O3/c1-13(18(19)21-16-7-3-2-4-8-16)14-9-10-17-15(12-14)6-5-11-20-17/h2-10,12H,1,11H2. The van der Waals surface area contributed by atoms with Gasteiger partial charge in [0.15, 0.2) is 0 Å². The SMILES string of the molecule is C=C(C(=O)Oc1ccccc1)c1ccc2c(c1)C=CCO2. The summed E-state index contributed by atoms with van der Waals surface area (Å²) in [6.45, 7) is 4.40. The summed E-state index contributed by atoms with van der Waals surface area (Å²) in [6.07, 6.45) is 3.90. The van der Waals surface area contributed by atoms with Gasteiger partial charge in [0.25, 0.3) is 0 Å². The van der Waals surface area contributed by atoms with E-state index in [1.54, 1.807) is 12.1 Å². The molecule has 0 aliphatic carbocycles. The zero-order chi connectivity index (χ0) is 14.7. The number of hydrogen-bond acceptors (Lipinski definition) is 3. The van der Waals surface area contributed by atoms with Crippen molar-refractivity contribution in [2.45, 2.75) is 0 Å². The number of ether oxygens (including phenoxy) is 2. The molecular weight excluding hydrogens is 264 g/mol. The van der Waals surface area contributed by atoms with E-state index in [2.05, 4.69) is 6.58 Å². The van der Waals surface area contributed by atoms with Crippen LogP contribution in [0.1, 0.15) is 11.1 Å². The van der Waals surface area contributed by atoms with Gasteiger partial charge in [-0.1, -0.05) is 36.9 Å². The molecule has 1 heterocycles. The lowest BCUT2D eigenvalue weighted by Crippen LogP contribution is -2.10. The second-order valence-electron chi connectivity index (χ2n) is 4.65. The van der Waals surface area contributed by atoms with Crippen LogP contribution in [0.3, 0.4) is 0 Å².